The summed E-state index contributed by atoms with van der Waals surface area (Å²) in [6, 6.07) is 6.98. The average molecular weight is 240 g/mol. The molecule has 86 valence electrons. The van der Waals surface area contributed by atoms with Crippen molar-refractivity contribution < 1.29 is 9.59 Å². The number of benzene rings is 1. The van der Waals surface area contributed by atoms with Crippen molar-refractivity contribution in [3.63, 3.8) is 0 Å². The largest absolute Gasteiger partial charge is 0.312 e. The lowest BCUT2D eigenvalue weighted by Gasteiger charge is -2.20. The van der Waals surface area contributed by atoms with E-state index in [1.165, 1.54) is 6.92 Å². The molecule has 0 saturated carbocycles. The highest BCUT2D eigenvalue weighted by molar-refractivity contribution is 6.30. The van der Waals surface area contributed by atoms with Crippen molar-refractivity contribution in [2.75, 3.05) is 11.4 Å². The summed E-state index contributed by atoms with van der Waals surface area (Å²) in [5, 5.41) is 0.624. The van der Waals surface area contributed by atoms with Crippen LogP contribution in [-0.2, 0) is 9.59 Å². The summed E-state index contributed by atoms with van der Waals surface area (Å²) in [4.78, 5) is 24.2. The lowest BCUT2D eigenvalue weighted by atomic mass is 10.2. The summed E-state index contributed by atoms with van der Waals surface area (Å²) in [7, 11) is 0. The molecule has 0 atom stereocenters. The molecule has 0 unspecified atom stereocenters. The molecule has 4 heteroatoms. The highest BCUT2D eigenvalue weighted by Crippen LogP contribution is 2.18. The molecular weight excluding hydrogens is 226 g/mol. The smallest absolute Gasteiger partial charge is 0.234 e. The van der Waals surface area contributed by atoms with Crippen LogP contribution in [0.2, 0.25) is 5.02 Å². The zero-order chi connectivity index (χ0) is 12.1. The first kappa shape index (κ1) is 12.7. The van der Waals surface area contributed by atoms with Crippen molar-refractivity contribution in [2.45, 2.75) is 20.3 Å². The van der Waals surface area contributed by atoms with Gasteiger partial charge in [0.2, 0.25) is 5.91 Å². The fraction of sp³-hybridized carbons (Fsp3) is 0.333. The van der Waals surface area contributed by atoms with Crippen molar-refractivity contribution >= 4 is 29.0 Å². The van der Waals surface area contributed by atoms with Crippen molar-refractivity contribution in [1.82, 2.24) is 0 Å². The highest BCUT2D eigenvalue weighted by Gasteiger charge is 2.15. The number of carbonyl (C=O) groups excluding carboxylic acids is 2. The quantitative estimate of drug-likeness (QED) is 0.758. The predicted octanol–water partition coefficient (Wildman–Crippen LogP) is 2.67. The first-order valence-corrected chi connectivity index (χ1v) is 5.47. The Labute approximate surface area is 100 Å². The Kier molecular flexibility index (Phi) is 4.50. The molecule has 16 heavy (non-hydrogen) atoms. The standard InChI is InChI=1S/C12H14ClNO2/c1-3-14(12(16)8-9(2)15)11-6-4-10(13)5-7-11/h4-7H,3,8H2,1-2H3. The molecule has 0 aliphatic rings. The van der Waals surface area contributed by atoms with E-state index in [0.29, 0.717) is 11.6 Å². The zero-order valence-corrected chi connectivity index (χ0v) is 10.1. The third-order valence-corrected chi connectivity index (χ3v) is 2.41. The number of carbonyl (C=O) groups is 2. The van der Waals surface area contributed by atoms with Crippen LogP contribution >= 0.6 is 11.6 Å². The van der Waals surface area contributed by atoms with Crippen LogP contribution in [-0.4, -0.2) is 18.2 Å². The molecule has 0 radical (unpaired) electrons. The van der Waals surface area contributed by atoms with Crippen LogP contribution < -0.4 is 4.90 Å². The maximum absolute atomic E-state index is 11.7. The second kappa shape index (κ2) is 5.66. The minimum Gasteiger partial charge on any atom is -0.312 e. The molecular formula is C12H14ClNO2. The first-order chi connectivity index (χ1) is 7.54. The maximum atomic E-state index is 11.7. The lowest BCUT2D eigenvalue weighted by Crippen LogP contribution is -2.31. The van der Waals surface area contributed by atoms with Crippen LogP contribution in [0.25, 0.3) is 0 Å². The minimum atomic E-state index is -0.183. The topological polar surface area (TPSA) is 37.4 Å². The minimum absolute atomic E-state index is 0.0591. The van der Waals surface area contributed by atoms with E-state index in [1.54, 1.807) is 29.2 Å². The molecule has 1 amide bonds. The molecule has 0 heterocycles. The van der Waals surface area contributed by atoms with Crippen LogP contribution in [0.4, 0.5) is 5.69 Å². The maximum Gasteiger partial charge on any atom is 0.234 e. The van der Waals surface area contributed by atoms with Gasteiger partial charge in [-0.3, -0.25) is 9.59 Å². The molecule has 0 N–H and O–H groups in total. The number of halogens is 1. The van der Waals surface area contributed by atoms with Crippen LogP contribution in [0.1, 0.15) is 20.3 Å². The molecule has 0 saturated heterocycles. The number of ketones is 1. The van der Waals surface area contributed by atoms with E-state index in [2.05, 4.69) is 0 Å². The fourth-order valence-corrected chi connectivity index (χ4v) is 1.56. The van der Waals surface area contributed by atoms with E-state index in [0.717, 1.165) is 5.69 Å². The summed E-state index contributed by atoms with van der Waals surface area (Å²) in [6.07, 6.45) is -0.0591. The van der Waals surface area contributed by atoms with Gasteiger partial charge in [-0.05, 0) is 38.1 Å². The number of anilines is 1. The number of hydrogen-bond donors (Lipinski definition) is 0. The van der Waals surface area contributed by atoms with Gasteiger partial charge in [0.05, 0.1) is 6.42 Å². The monoisotopic (exact) mass is 239 g/mol. The Hall–Kier alpha value is -1.35. The number of nitrogens with zero attached hydrogens (tertiary/aromatic N) is 1. The molecule has 0 bridgehead atoms. The van der Waals surface area contributed by atoms with Gasteiger partial charge in [-0.25, -0.2) is 0 Å². The summed E-state index contributed by atoms with van der Waals surface area (Å²) in [5.41, 5.74) is 0.762. The van der Waals surface area contributed by atoms with E-state index in [-0.39, 0.29) is 18.1 Å². The van der Waals surface area contributed by atoms with Gasteiger partial charge in [-0.15, -0.1) is 0 Å². The molecule has 0 aliphatic carbocycles. The SMILES string of the molecule is CCN(C(=O)CC(C)=O)c1ccc(Cl)cc1. The van der Waals surface area contributed by atoms with Crippen molar-refractivity contribution in [3.8, 4) is 0 Å². The summed E-state index contributed by atoms with van der Waals surface area (Å²) < 4.78 is 0. The van der Waals surface area contributed by atoms with Gasteiger partial charge in [0.15, 0.2) is 0 Å². The third kappa shape index (κ3) is 3.35. The molecule has 1 aromatic rings. The highest BCUT2D eigenvalue weighted by atomic mass is 35.5. The van der Waals surface area contributed by atoms with Crippen LogP contribution in [0.15, 0.2) is 24.3 Å². The number of Topliss-reactive ketones (excluding diaryl/α,β-unsaturated/α-hetero) is 1. The number of hydrogen-bond acceptors (Lipinski definition) is 2. The third-order valence-electron chi connectivity index (χ3n) is 2.16. The second-order valence-electron chi connectivity index (χ2n) is 3.49. The van der Waals surface area contributed by atoms with Gasteiger partial charge in [0, 0.05) is 17.3 Å². The van der Waals surface area contributed by atoms with E-state index < -0.39 is 0 Å². The van der Waals surface area contributed by atoms with E-state index in [9.17, 15) is 9.59 Å². The van der Waals surface area contributed by atoms with E-state index in [4.69, 9.17) is 11.6 Å². The predicted molar refractivity (Wildman–Crippen MR) is 64.8 cm³/mol. The Balaban J connectivity index is 2.85. The average Bonchev–Trinajstić information content (AvgIpc) is 2.21. The van der Waals surface area contributed by atoms with Crippen LogP contribution in [0.3, 0.4) is 0 Å². The van der Waals surface area contributed by atoms with Gasteiger partial charge in [-0.1, -0.05) is 11.6 Å². The lowest BCUT2D eigenvalue weighted by molar-refractivity contribution is -0.125. The Morgan fingerprint density at radius 2 is 1.81 bits per heavy atom. The Morgan fingerprint density at radius 3 is 2.25 bits per heavy atom. The second-order valence-corrected chi connectivity index (χ2v) is 3.93. The number of amides is 1. The summed E-state index contributed by atoms with van der Waals surface area (Å²) in [5.74, 6) is -0.310. The van der Waals surface area contributed by atoms with Crippen molar-refractivity contribution in [3.05, 3.63) is 29.3 Å². The molecule has 3 nitrogen and oxygen atoms in total. The van der Waals surface area contributed by atoms with Gasteiger partial charge >= 0.3 is 0 Å². The van der Waals surface area contributed by atoms with Gasteiger partial charge in [0.1, 0.15) is 5.78 Å². The van der Waals surface area contributed by atoms with Crippen LogP contribution in [0, 0.1) is 0 Å². The molecule has 0 fully saturated rings. The molecule has 0 aromatic heterocycles. The van der Waals surface area contributed by atoms with Gasteiger partial charge in [-0.2, -0.15) is 0 Å². The summed E-state index contributed by atoms with van der Waals surface area (Å²) >= 11 is 5.77. The Bertz CT molecular complexity index is 387. The van der Waals surface area contributed by atoms with E-state index in [1.807, 2.05) is 6.92 Å². The molecule has 0 spiro atoms. The van der Waals surface area contributed by atoms with Gasteiger partial charge < -0.3 is 4.90 Å². The normalized spacial score (nSPS) is 9.94. The number of rotatable bonds is 4. The zero-order valence-electron chi connectivity index (χ0n) is 9.37. The summed E-state index contributed by atoms with van der Waals surface area (Å²) in [6.45, 7) is 3.81. The molecule has 1 rings (SSSR count). The van der Waals surface area contributed by atoms with Crippen molar-refractivity contribution in [1.29, 1.82) is 0 Å². The molecule has 1 aromatic carbocycles. The molecule has 0 aliphatic heterocycles. The first-order valence-electron chi connectivity index (χ1n) is 5.10. The van der Waals surface area contributed by atoms with E-state index >= 15 is 0 Å². The van der Waals surface area contributed by atoms with Crippen molar-refractivity contribution in [2.24, 2.45) is 0 Å². The Morgan fingerprint density at radius 1 is 1.25 bits per heavy atom. The van der Waals surface area contributed by atoms with Crippen LogP contribution in [0.5, 0.6) is 0 Å². The van der Waals surface area contributed by atoms with Gasteiger partial charge in [0.25, 0.3) is 0 Å². The fourth-order valence-electron chi connectivity index (χ4n) is 1.43.